The predicted molar refractivity (Wildman–Crippen MR) is 75.2 cm³/mol. The number of ether oxygens (including phenoxy) is 2. The first-order valence-electron chi connectivity index (χ1n) is 6.29. The molecule has 1 unspecified atom stereocenters. The molecule has 0 heterocycles. The summed E-state index contributed by atoms with van der Waals surface area (Å²) in [6.45, 7) is 1.73. The molecule has 0 aromatic heterocycles. The van der Waals surface area contributed by atoms with Gasteiger partial charge in [-0.05, 0) is 31.2 Å². The fourth-order valence-corrected chi connectivity index (χ4v) is 1.49. The molecule has 0 spiro atoms. The van der Waals surface area contributed by atoms with E-state index in [1.807, 2.05) is 0 Å². The lowest BCUT2D eigenvalue weighted by Crippen LogP contribution is -2.35. The third-order valence-corrected chi connectivity index (χ3v) is 2.55. The van der Waals surface area contributed by atoms with Crippen LogP contribution in [-0.4, -0.2) is 43.6 Å². The quantitative estimate of drug-likeness (QED) is 0.622. The molecule has 0 aliphatic rings. The van der Waals surface area contributed by atoms with Gasteiger partial charge in [0.15, 0.2) is 6.10 Å². The molecule has 1 rings (SSSR count). The number of amides is 1. The van der Waals surface area contributed by atoms with Crippen molar-refractivity contribution in [3.63, 3.8) is 0 Å². The zero-order chi connectivity index (χ0) is 15.1. The van der Waals surface area contributed by atoms with Gasteiger partial charge in [0.1, 0.15) is 5.75 Å². The van der Waals surface area contributed by atoms with E-state index in [1.165, 1.54) is 4.90 Å². The second kappa shape index (κ2) is 7.37. The van der Waals surface area contributed by atoms with E-state index in [0.717, 1.165) is 0 Å². The standard InChI is InChI=1S/C14H20N2O4/c1-10(14(18)16(2)3)20-13(17)8-9-19-12-6-4-11(15)5-7-12/h4-7,10H,8-9,15H2,1-3H3. The number of carbonyl (C=O) groups excluding carboxylic acids is 2. The van der Waals surface area contributed by atoms with Crippen molar-refractivity contribution in [2.45, 2.75) is 19.4 Å². The van der Waals surface area contributed by atoms with Crippen LogP contribution in [0, 0.1) is 0 Å². The Morgan fingerprint density at radius 3 is 2.40 bits per heavy atom. The fraction of sp³-hybridized carbons (Fsp3) is 0.429. The van der Waals surface area contributed by atoms with Gasteiger partial charge in [0.05, 0.1) is 13.0 Å². The monoisotopic (exact) mass is 280 g/mol. The number of rotatable bonds is 6. The molecular weight excluding hydrogens is 260 g/mol. The molecule has 0 radical (unpaired) electrons. The highest BCUT2D eigenvalue weighted by atomic mass is 16.5. The molecule has 0 saturated heterocycles. The minimum atomic E-state index is -0.783. The number of esters is 1. The summed E-state index contributed by atoms with van der Waals surface area (Å²) in [5.41, 5.74) is 6.19. The Balaban J connectivity index is 2.30. The molecule has 0 aliphatic heterocycles. The number of nitrogens with zero attached hydrogens (tertiary/aromatic N) is 1. The van der Waals surface area contributed by atoms with Crippen LogP contribution in [0.25, 0.3) is 0 Å². The molecule has 6 heteroatoms. The number of benzene rings is 1. The van der Waals surface area contributed by atoms with E-state index in [2.05, 4.69) is 0 Å². The first-order valence-corrected chi connectivity index (χ1v) is 6.29. The zero-order valence-electron chi connectivity index (χ0n) is 12.0. The van der Waals surface area contributed by atoms with E-state index in [1.54, 1.807) is 45.3 Å². The average Bonchev–Trinajstić information content (AvgIpc) is 2.39. The number of hydrogen-bond acceptors (Lipinski definition) is 5. The molecule has 1 aromatic rings. The molecule has 0 aliphatic carbocycles. The van der Waals surface area contributed by atoms with Crippen LogP contribution in [0.2, 0.25) is 0 Å². The van der Waals surface area contributed by atoms with Gasteiger partial charge >= 0.3 is 5.97 Å². The highest BCUT2D eigenvalue weighted by Crippen LogP contribution is 2.13. The average molecular weight is 280 g/mol. The van der Waals surface area contributed by atoms with Crippen molar-refractivity contribution < 1.29 is 19.1 Å². The molecule has 0 saturated carbocycles. The third-order valence-electron chi connectivity index (χ3n) is 2.55. The van der Waals surface area contributed by atoms with Gasteiger partial charge in [0.2, 0.25) is 0 Å². The van der Waals surface area contributed by atoms with Crippen LogP contribution in [0.5, 0.6) is 5.75 Å². The van der Waals surface area contributed by atoms with Crippen LogP contribution in [0.1, 0.15) is 13.3 Å². The first-order chi connectivity index (χ1) is 9.40. The molecule has 1 atom stereocenters. The van der Waals surface area contributed by atoms with Crippen LogP contribution >= 0.6 is 0 Å². The van der Waals surface area contributed by atoms with Crippen molar-refractivity contribution >= 4 is 17.6 Å². The highest BCUT2D eigenvalue weighted by Gasteiger charge is 2.19. The summed E-state index contributed by atoms with van der Waals surface area (Å²) in [5, 5.41) is 0. The van der Waals surface area contributed by atoms with Crippen molar-refractivity contribution in [1.82, 2.24) is 4.90 Å². The summed E-state index contributed by atoms with van der Waals surface area (Å²) >= 11 is 0. The summed E-state index contributed by atoms with van der Waals surface area (Å²) in [4.78, 5) is 24.4. The minimum absolute atomic E-state index is 0.0788. The van der Waals surface area contributed by atoms with E-state index >= 15 is 0 Å². The lowest BCUT2D eigenvalue weighted by Gasteiger charge is -2.17. The number of anilines is 1. The topological polar surface area (TPSA) is 81.9 Å². The van der Waals surface area contributed by atoms with Crippen LogP contribution in [0.4, 0.5) is 5.69 Å². The van der Waals surface area contributed by atoms with Gasteiger partial charge in [-0.15, -0.1) is 0 Å². The number of nitrogen functional groups attached to an aromatic ring is 1. The zero-order valence-corrected chi connectivity index (χ0v) is 12.0. The minimum Gasteiger partial charge on any atom is -0.493 e. The number of nitrogens with two attached hydrogens (primary N) is 1. The molecule has 20 heavy (non-hydrogen) atoms. The summed E-state index contributed by atoms with van der Waals surface area (Å²) in [6, 6.07) is 6.87. The van der Waals surface area contributed by atoms with Gasteiger partial charge in [0, 0.05) is 19.8 Å². The van der Waals surface area contributed by atoms with Gasteiger partial charge in [0.25, 0.3) is 5.91 Å². The maximum absolute atomic E-state index is 11.5. The number of likely N-dealkylation sites (N-methyl/N-ethyl adjacent to an activating group) is 1. The molecule has 0 fully saturated rings. The fourth-order valence-electron chi connectivity index (χ4n) is 1.49. The first kappa shape index (κ1) is 15.8. The lowest BCUT2D eigenvalue weighted by molar-refractivity contribution is -0.158. The molecular formula is C14H20N2O4. The lowest BCUT2D eigenvalue weighted by atomic mass is 10.3. The third kappa shape index (κ3) is 5.17. The summed E-state index contributed by atoms with van der Waals surface area (Å²) in [7, 11) is 3.22. The van der Waals surface area contributed by atoms with Gasteiger partial charge in [-0.25, -0.2) is 0 Å². The molecule has 1 amide bonds. The Kier molecular flexibility index (Phi) is 5.83. The summed E-state index contributed by atoms with van der Waals surface area (Å²) in [5.74, 6) is -0.0923. The normalized spacial score (nSPS) is 11.6. The highest BCUT2D eigenvalue weighted by molar-refractivity contribution is 5.83. The van der Waals surface area contributed by atoms with Crippen LogP contribution in [0.3, 0.4) is 0 Å². The largest absolute Gasteiger partial charge is 0.493 e. The van der Waals surface area contributed by atoms with E-state index < -0.39 is 12.1 Å². The Bertz CT molecular complexity index is 457. The van der Waals surface area contributed by atoms with E-state index in [0.29, 0.717) is 11.4 Å². The molecule has 2 N–H and O–H groups in total. The molecule has 1 aromatic carbocycles. The van der Waals surface area contributed by atoms with E-state index in [-0.39, 0.29) is 18.9 Å². The Morgan fingerprint density at radius 1 is 1.25 bits per heavy atom. The van der Waals surface area contributed by atoms with Crippen molar-refractivity contribution in [3.8, 4) is 5.75 Å². The van der Waals surface area contributed by atoms with Gasteiger partial charge in [-0.3, -0.25) is 9.59 Å². The maximum atomic E-state index is 11.5. The van der Waals surface area contributed by atoms with E-state index in [9.17, 15) is 9.59 Å². The Hall–Kier alpha value is -2.24. The predicted octanol–water partition coefficient (Wildman–Crippen LogP) is 1.06. The van der Waals surface area contributed by atoms with E-state index in [4.69, 9.17) is 15.2 Å². The second-order valence-electron chi connectivity index (χ2n) is 4.53. The number of hydrogen-bond donors (Lipinski definition) is 1. The van der Waals surface area contributed by atoms with Crippen molar-refractivity contribution in [3.05, 3.63) is 24.3 Å². The van der Waals surface area contributed by atoms with Crippen molar-refractivity contribution in [2.75, 3.05) is 26.4 Å². The van der Waals surface area contributed by atoms with Crippen LogP contribution in [-0.2, 0) is 14.3 Å². The molecule has 0 bridgehead atoms. The summed E-state index contributed by atoms with van der Waals surface area (Å²) in [6.07, 6.45) is -0.705. The van der Waals surface area contributed by atoms with Crippen LogP contribution in [0.15, 0.2) is 24.3 Å². The maximum Gasteiger partial charge on any atom is 0.310 e. The number of carbonyl (C=O) groups is 2. The van der Waals surface area contributed by atoms with Gasteiger partial charge in [-0.2, -0.15) is 0 Å². The van der Waals surface area contributed by atoms with Gasteiger partial charge in [-0.1, -0.05) is 0 Å². The van der Waals surface area contributed by atoms with Crippen molar-refractivity contribution in [1.29, 1.82) is 0 Å². The molecule has 6 nitrogen and oxygen atoms in total. The van der Waals surface area contributed by atoms with Crippen molar-refractivity contribution in [2.24, 2.45) is 0 Å². The Morgan fingerprint density at radius 2 is 1.85 bits per heavy atom. The second-order valence-corrected chi connectivity index (χ2v) is 4.53. The SMILES string of the molecule is CC(OC(=O)CCOc1ccc(N)cc1)C(=O)N(C)C. The molecule has 110 valence electrons. The smallest absolute Gasteiger partial charge is 0.310 e. The summed E-state index contributed by atoms with van der Waals surface area (Å²) < 4.78 is 10.4. The van der Waals surface area contributed by atoms with Crippen LogP contribution < -0.4 is 10.5 Å². The Labute approximate surface area is 118 Å². The van der Waals surface area contributed by atoms with Gasteiger partial charge < -0.3 is 20.1 Å².